The van der Waals surface area contributed by atoms with Gasteiger partial charge in [0.2, 0.25) is 0 Å². The largest absolute Gasteiger partial charge is 0.305 e. The molecule has 0 aliphatic carbocycles. The summed E-state index contributed by atoms with van der Waals surface area (Å²) in [5.74, 6) is 0. The van der Waals surface area contributed by atoms with Crippen molar-refractivity contribution in [2.45, 2.75) is 37.6 Å². The van der Waals surface area contributed by atoms with E-state index in [1.807, 2.05) is 30.5 Å². The Balaban J connectivity index is 2.20. The Morgan fingerprint density at radius 3 is 2.83 bits per heavy atom. The molecule has 0 saturated heterocycles. The van der Waals surface area contributed by atoms with Gasteiger partial charge in [0.15, 0.2) is 0 Å². The number of anilines is 1. The average molecular weight is 351 g/mol. The van der Waals surface area contributed by atoms with Crippen LogP contribution in [-0.4, -0.2) is 22.0 Å². The molecule has 0 amide bonds. The summed E-state index contributed by atoms with van der Waals surface area (Å²) in [5.41, 5.74) is 2.58. The maximum absolute atomic E-state index is 13.0. The third kappa shape index (κ3) is 2.79. The van der Waals surface area contributed by atoms with Gasteiger partial charge in [0.1, 0.15) is 0 Å². The lowest BCUT2D eigenvalue weighted by Gasteiger charge is -2.19. The molecule has 0 spiro atoms. The summed E-state index contributed by atoms with van der Waals surface area (Å²) >= 11 is 1.61. The fourth-order valence-corrected chi connectivity index (χ4v) is 5.54. The Bertz CT molecular complexity index is 812. The first-order valence-corrected chi connectivity index (χ1v) is 10.2. The van der Waals surface area contributed by atoms with E-state index in [0.29, 0.717) is 4.90 Å². The molecule has 124 valence electrons. The minimum atomic E-state index is -3.53. The molecular weight excluding hydrogens is 328 g/mol. The number of thiophene rings is 1. The molecule has 0 fully saturated rings. The van der Waals surface area contributed by atoms with Crippen LogP contribution in [0.25, 0.3) is 0 Å². The molecule has 1 aromatic carbocycles. The minimum absolute atomic E-state index is 0.0770. The number of nitrogens with zero attached hydrogens (tertiary/aromatic N) is 1. The molecular formula is C17H22N2O2S2. The Morgan fingerprint density at radius 1 is 1.30 bits per heavy atom. The highest BCUT2D eigenvalue weighted by atomic mass is 32.2. The van der Waals surface area contributed by atoms with Crippen LogP contribution >= 0.6 is 11.3 Å². The number of fused-ring (bicyclic) bond motifs is 2. The molecule has 0 saturated carbocycles. The highest BCUT2D eigenvalue weighted by Crippen LogP contribution is 2.43. The summed E-state index contributed by atoms with van der Waals surface area (Å²) in [6, 6.07) is 7.54. The van der Waals surface area contributed by atoms with Crippen molar-refractivity contribution in [3.05, 3.63) is 45.6 Å². The number of hydrogen-bond donors (Lipinski definition) is 1. The molecule has 3 rings (SSSR count). The highest BCUT2D eigenvalue weighted by molar-refractivity contribution is 7.92. The van der Waals surface area contributed by atoms with Crippen LogP contribution in [0.5, 0.6) is 0 Å². The van der Waals surface area contributed by atoms with Gasteiger partial charge < -0.3 is 5.32 Å². The summed E-state index contributed by atoms with van der Waals surface area (Å²) in [4.78, 5) is 1.48. The maximum atomic E-state index is 13.0. The predicted molar refractivity (Wildman–Crippen MR) is 95.8 cm³/mol. The number of rotatable bonds is 4. The topological polar surface area (TPSA) is 49.4 Å². The normalized spacial score (nSPS) is 19.1. The van der Waals surface area contributed by atoms with E-state index in [9.17, 15) is 8.42 Å². The van der Waals surface area contributed by atoms with Crippen LogP contribution in [0.3, 0.4) is 0 Å². The standard InChI is InChI=1S/C17H22N2O2S2/c1-4-5-9-18-16-13-7-6-12(2)11-15(13)23(20,21)19(3)14-8-10-22-17(14)16/h6-8,10-11,16,18H,4-5,9H2,1-3H3. The summed E-state index contributed by atoms with van der Waals surface area (Å²) in [7, 11) is -1.89. The van der Waals surface area contributed by atoms with Gasteiger partial charge in [-0.05, 0) is 48.5 Å². The summed E-state index contributed by atoms with van der Waals surface area (Å²) in [5, 5.41) is 5.52. The van der Waals surface area contributed by atoms with Crippen molar-refractivity contribution in [3.63, 3.8) is 0 Å². The van der Waals surface area contributed by atoms with Gasteiger partial charge in [-0.2, -0.15) is 0 Å². The first kappa shape index (κ1) is 16.5. The third-order valence-electron chi connectivity index (χ3n) is 4.27. The van der Waals surface area contributed by atoms with E-state index in [1.165, 1.54) is 4.31 Å². The Morgan fingerprint density at radius 2 is 2.09 bits per heavy atom. The molecule has 0 radical (unpaired) electrons. The zero-order valence-electron chi connectivity index (χ0n) is 13.7. The SMILES string of the molecule is CCCCNC1c2ccc(C)cc2S(=O)(=O)N(C)c2ccsc21. The fraction of sp³-hybridized carbons (Fsp3) is 0.412. The van der Waals surface area contributed by atoms with E-state index in [2.05, 4.69) is 12.2 Å². The van der Waals surface area contributed by atoms with Crippen LogP contribution in [-0.2, 0) is 10.0 Å². The van der Waals surface area contributed by atoms with Crippen molar-refractivity contribution in [1.82, 2.24) is 5.32 Å². The van der Waals surface area contributed by atoms with Gasteiger partial charge in [0.25, 0.3) is 10.0 Å². The number of benzene rings is 1. The summed E-state index contributed by atoms with van der Waals surface area (Å²) in [6.07, 6.45) is 2.18. The summed E-state index contributed by atoms with van der Waals surface area (Å²) in [6.45, 7) is 4.95. The highest BCUT2D eigenvalue weighted by Gasteiger charge is 2.35. The molecule has 1 unspecified atom stereocenters. The van der Waals surface area contributed by atoms with Crippen LogP contribution in [0, 0.1) is 6.92 Å². The van der Waals surface area contributed by atoms with Gasteiger partial charge in [-0.1, -0.05) is 25.5 Å². The lowest BCUT2D eigenvalue weighted by atomic mass is 10.0. The van der Waals surface area contributed by atoms with Gasteiger partial charge in [-0.25, -0.2) is 8.42 Å². The lowest BCUT2D eigenvalue weighted by molar-refractivity contribution is 0.574. The Kier molecular flexibility index (Phi) is 4.49. The zero-order valence-corrected chi connectivity index (χ0v) is 15.3. The summed E-state index contributed by atoms with van der Waals surface area (Å²) < 4.78 is 27.4. The fourth-order valence-electron chi connectivity index (χ4n) is 2.94. The van der Waals surface area contributed by atoms with Gasteiger partial charge in [0, 0.05) is 7.05 Å². The number of aryl methyl sites for hydroxylation is 1. The van der Waals surface area contributed by atoms with Crippen LogP contribution < -0.4 is 9.62 Å². The molecule has 1 aromatic heterocycles. The monoisotopic (exact) mass is 350 g/mol. The minimum Gasteiger partial charge on any atom is -0.305 e. The Hall–Kier alpha value is -1.37. The van der Waals surface area contributed by atoms with Gasteiger partial charge in [-0.3, -0.25) is 4.31 Å². The molecule has 2 aromatic rings. The first-order valence-electron chi connectivity index (χ1n) is 7.87. The van der Waals surface area contributed by atoms with Crippen LogP contribution in [0.1, 0.15) is 41.8 Å². The number of nitrogens with one attached hydrogen (secondary N) is 1. The first-order chi connectivity index (χ1) is 11.0. The second-order valence-corrected chi connectivity index (χ2v) is 8.81. The molecule has 1 aliphatic heterocycles. The molecule has 0 bridgehead atoms. The van der Waals surface area contributed by atoms with E-state index >= 15 is 0 Å². The second kappa shape index (κ2) is 6.26. The molecule has 4 nitrogen and oxygen atoms in total. The van der Waals surface area contributed by atoms with E-state index < -0.39 is 10.0 Å². The van der Waals surface area contributed by atoms with Crippen molar-refractivity contribution >= 4 is 27.0 Å². The van der Waals surface area contributed by atoms with Crippen LogP contribution in [0.2, 0.25) is 0 Å². The number of sulfonamides is 1. The Labute approximate surface area is 142 Å². The predicted octanol–water partition coefficient (Wildman–Crippen LogP) is 3.67. The van der Waals surface area contributed by atoms with Crippen LogP contribution in [0.4, 0.5) is 5.69 Å². The molecule has 1 aliphatic rings. The van der Waals surface area contributed by atoms with Gasteiger partial charge >= 0.3 is 0 Å². The average Bonchev–Trinajstić information content (AvgIpc) is 2.98. The van der Waals surface area contributed by atoms with Gasteiger partial charge in [0.05, 0.1) is 21.5 Å². The lowest BCUT2D eigenvalue weighted by Crippen LogP contribution is -2.26. The smallest absolute Gasteiger partial charge is 0.264 e. The molecule has 1 atom stereocenters. The van der Waals surface area contributed by atoms with Crippen molar-refractivity contribution in [2.75, 3.05) is 17.9 Å². The number of unbranched alkanes of at least 4 members (excludes halogenated alkanes) is 1. The van der Waals surface area contributed by atoms with Crippen molar-refractivity contribution in [2.24, 2.45) is 0 Å². The second-order valence-electron chi connectivity index (χ2n) is 5.92. The van der Waals surface area contributed by atoms with E-state index in [4.69, 9.17) is 0 Å². The molecule has 23 heavy (non-hydrogen) atoms. The molecule has 2 heterocycles. The van der Waals surface area contributed by atoms with E-state index in [0.717, 1.165) is 41.1 Å². The maximum Gasteiger partial charge on any atom is 0.264 e. The van der Waals surface area contributed by atoms with Crippen molar-refractivity contribution < 1.29 is 8.42 Å². The molecule has 6 heteroatoms. The van der Waals surface area contributed by atoms with E-state index in [1.54, 1.807) is 24.5 Å². The van der Waals surface area contributed by atoms with Crippen LogP contribution in [0.15, 0.2) is 34.5 Å². The van der Waals surface area contributed by atoms with E-state index in [-0.39, 0.29) is 6.04 Å². The van der Waals surface area contributed by atoms with Crippen molar-refractivity contribution in [1.29, 1.82) is 0 Å². The number of hydrogen-bond acceptors (Lipinski definition) is 4. The zero-order chi connectivity index (χ0) is 16.6. The van der Waals surface area contributed by atoms with Crippen molar-refractivity contribution in [3.8, 4) is 0 Å². The quantitative estimate of drug-likeness (QED) is 0.856. The third-order valence-corrected chi connectivity index (χ3v) is 7.07. The van der Waals surface area contributed by atoms with Gasteiger partial charge in [-0.15, -0.1) is 11.3 Å². The molecule has 1 N–H and O–H groups in total.